The van der Waals surface area contributed by atoms with Gasteiger partial charge in [0.1, 0.15) is 5.75 Å². The smallest absolute Gasteiger partial charge is 1.00 e. The summed E-state index contributed by atoms with van der Waals surface area (Å²) < 4.78 is 6.18. The van der Waals surface area contributed by atoms with E-state index in [1.54, 1.807) is 7.11 Å². The Bertz CT molecular complexity index is 255. The Morgan fingerprint density at radius 1 is 1.38 bits per heavy atom. The summed E-state index contributed by atoms with van der Waals surface area (Å²) in [4.78, 5) is 0. The largest absolute Gasteiger partial charge is 1.00 e. The van der Waals surface area contributed by atoms with Crippen molar-refractivity contribution in [3.63, 3.8) is 0 Å². The maximum atomic E-state index is 5.07. The molecule has 0 saturated heterocycles. The number of hydrogen-bond donors (Lipinski definition) is 0. The van der Waals surface area contributed by atoms with Crippen LogP contribution in [0.5, 0.6) is 5.75 Å². The van der Waals surface area contributed by atoms with Crippen molar-refractivity contribution in [2.75, 3.05) is 7.11 Å². The average molecular weight is 383 g/mol. The van der Waals surface area contributed by atoms with Crippen molar-refractivity contribution >= 4 is 31.9 Å². The molecule has 0 unspecified atom stereocenters. The molecule has 0 atom stereocenters. The first-order valence-corrected chi connectivity index (χ1v) is 5.07. The zero-order valence-corrected chi connectivity index (χ0v) is 14.2. The van der Waals surface area contributed by atoms with Crippen LogP contribution in [0.2, 0.25) is 0 Å². The van der Waals surface area contributed by atoms with Gasteiger partial charge in [0.25, 0.3) is 0 Å². The molecule has 0 radical (unpaired) electrons. The van der Waals surface area contributed by atoms with Crippen LogP contribution >= 0.6 is 31.9 Å². The summed E-state index contributed by atoms with van der Waals surface area (Å²) in [6.07, 6.45) is 0. The monoisotopic (exact) mass is 380 g/mol. The molecule has 1 nitrogen and oxygen atoms in total. The molecular weight excluding hydrogens is 375 g/mol. The summed E-state index contributed by atoms with van der Waals surface area (Å²) in [5.41, 5.74) is 1.20. The van der Waals surface area contributed by atoms with Crippen LogP contribution in [0.3, 0.4) is 0 Å². The molecule has 1 rings (SSSR count). The van der Waals surface area contributed by atoms with Gasteiger partial charge in [-0.2, -0.15) is 0 Å². The van der Waals surface area contributed by atoms with E-state index in [9.17, 15) is 0 Å². The van der Waals surface area contributed by atoms with Crippen LogP contribution < -0.4 is 51.3 Å². The summed E-state index contributed by atoms with van der Waals surface area (Å²) >= 11 is 6.82. The van der Waals surface area contributed by atoms with Gasteiger partial charge in [-0.25, -0.2) is 0 Å². The summed E-state index contributed by atoms with van der Waals surface area (Å²) in [5.74, 6) is 0.891. The number of benzene rings is 1. The van der Waals surface area contributed by atoms with E-state index < -0.39 is 0 Å². The molecule has 0 aliphatic heterocycles. The van der Waals surface area contributed by atoms with Crippen LogP contribution in [0, 0.1) is 0 Å². The number of halogens is 3. The van der Waals surface area contributed by atoms with Crippen molar-refractivity contribution in [2.45, 2.75) is 5.33 Å². The molecule has 13 heavy (non-hydrogen) atoms. The maximum absolute atomic E-state index is 5.07. The van der Waals surface area contributed by atoms with Crippen LogP contribution in [-0.2, 0) is 5.33 Å². The van der Waals surface area contributed by atoms with Crippen molar-refractivity contribution in [3.05, 3.63) is 28.2 Å². The van der Waals surface area contributed by atoms with Gasteiger partial charge in [0.15, 0.2) is 0 Å². The fourth-order valence-corrected chi connectivity index (χ4v) is 2.01. The molecular formula is C8H8Br3NaO. The summed E-state index contributed by atoms with van der Waals surface area (Å²) in [7, 11) is 1.67. The first-order chi connectivity index (χ1) is 5.27. The van der Waals surface area contributed by atoms with E-state index in [1.165, 1.54) is 5.56 Å². The molecule has 1 aromatic rings. The van der Waals surface area contributed by atoms with Gasteiger partial charge in [0.2, 0.25) is 0 Å². The number of methoxy groups -OCH3 is 1. The number of ether oxygens (including phenoxy) is 1. The second-order valence-corrected chi connectivity index (χ2v) is 3.51. The van der Waals surface area contributed by atoms with E-state index in [0.29, 0.717) is 0 Å². The van der Waals surface area contributed by atoms with Crippen molar-refractivity contribution in [3.8, 4) is 5.75 Å². The zero-order chi connectivity index (χ0) is 8.27. The van der Waals surface area contributed by atoms with E-state index in [-0.39, 0.29) is 46.5 Å². The zero-order valence-electron chi connectivity index (χ0n) is 7.48. The van der Waals surface area contributed by atoms with Crippen LogP contribution in [0.1, 0.15) is 5.56 Å². The first-order valence-electron chi connectivity index (χ1n) is 3.16. The standard InChI is InChI=1S/C8H8Br2O.BrH.Na/c1-11-7-2-3-8(10)6(4-7)5-9;;/h2-4H,5H2,1H3;1H;/q;;+1/p-1. The van der Waals surface area contributed by atoms with Gasteiger partial charge in [-0.15, -0.1) is 0 Å². The molecule has 0 N–H and O–H groups in total. The second-order valence-electron chi connectivity index (χ2n) is 2.09. The minimum atomic E-state index is 0. The Balaban J connectivity index is 0. The first kappa shape index (κ1) is 16.9. The van der Waals surface area contributed by atoms with Crippen molar-refractivity contribution < 1.29 is 51.3 Å². The third-order valence-corrected chi connectivity index (χ3v) is 2.77. The Kier molecular flexibility index (Phi) is 11.3. The van der Waals surface area contributed by atoms with Gasteiger partial charge in [-0.1, -0.05) is 31.9 Å². The van der Waals surface area contributed by atoms with E-state index in [2.05, 4.69) is 31.9 Å². The van der Waals surface area contributed by atoms with Gasteiger partial charge < -0.3 is 21.7 Å². The Morgan fingerprint density at radius 2 is 2.00 bits per heavy atom. The van der Waals surface area contributed by atoms with Gasteiger partial charge >= 0.3 is 29.6 Å². The predicted molar refractivity (Wildman–Crippen MR) is 53.3 cm³/mol. The Morgan fingerprint density at radius 3 is 2.46 bits per heavy atom. The topological polar surface area (TPSA) is 9.23 Å². The number of alkyl halides is 1. The SMILES string of the molecule is COc1ccc(Br)c(CBr)c1.[Br-].[Na+]. The Hall–Kier alpha value is 1.46. The fraction of sp³-hybridized carbons (Fsp3) is 0.250. The maximum Gasteiger partial charge on any atom is 1.00 e. The van der Waals surface area contributed by atoms with E-state index in [1.807, 2.05) is 18.2 Å². The summed E-state index contributed by atoms with van der Waals surface area (Å²) in [6.45, 7) is 0. The average Bonchev–Trinajstić information content (AvgIpc) is 2.05. The Labute approximate surface area is 128 Å². The molecule has 0 spiro atoms. The minimum Gasteiger partial charge on any atom is -1.00 e. The molecule has 0 saturated carbocycles. The molecule has 1 aromatic carbocycles. The van der Waals surface area contributed by atoms with Crippen LogP contribution in [-0.4, -0.2) is 7.11 Å². The molecule has 0 aromatic heterocycles. The van der Waals surface area contributed by atoms with Crippen LogP contribution in [0.25, 0.3) is 0 Å². The molecule has 0 fully saturated rings. The summed E-state index contributed by atoms with van der Waals surface area (Å²) in [5, 5.41) is 0.838. The van der Waals surface area contributed by atoms with Crippen molar-refractivity contribution in [1.82, 2.24) is 0 Å². The number of rotatable bonds is 2. The van der Waals surface area contributed by atoms with E-state index in [0.717, 1.165) is 15.6 Å². The molecule has 0 amide bonds. The van der Waals surface area contributed by atoms with Crippen molar-refractivity contribution in [1.29, 1.82) is 0 Å². The number of hydrogen-bond acceptors (Lipinski definition) is 1. The van der Waals surface area contributed by atoms with Gasteiger partial charge in [0.05, 0.1) is 7.11 Å². The minimum absolute atomic E-state index is 0. The third-order valence-electron chi connectivity index (χ3n) is 1.40. The summed E-state index contributed by atoms with van der Waals surface area (Å²) in [6, 6.07) is 5.91. The molecule has 0 aliphatic rings. The molecule has 0 aliphatic carbocycles. The van der Waals surface area contributed by atoms with Crippen LogP contribution in [0.15, 0.2) is 22.7 Å². The van der Waals surface area contributed by atoms with Gasteiger partial charge in [-0.3, -0.25) is 0 Å². The van der Waals surface area contributed by atoms with Crippen LogP contribution in [0.4, 0.5) is 0 Å². The van der Waals surface area contributed by atoms with Gasteiger partial charge in [-0.05, 0) is 23.8 Å². The van der Waals surface area contributed by atoms with Crippen molar-refractivity contribution in [2.24, 2.45) is 0 Å². The normalized spacial score (nSPS) is 8.23. The fourth-order valence-electron chi connectivity index (χ4n) is 0.780. The van der Waals surface area contributed by atoms with Gasteiger partial charge in [0, 0.05) is 9.80 Å². The molecule has 5 heteroatoms. The quantitative estimate of drug-likeness (QED) is 0.401. The van der Waals surface area contributed by atoms with E-state index in [4.69, 9.17) is 4.74 Å². The molecule has 0 heterocycles. The second kappa shape index (κ2) is 8.74. The third kappa shape index (κ3) is 5.19. The molecule has 68 valence electrons. The predicted octanol–water partition coefficient (Wildman–Crippen LogP) is -2.64. The van der Waals surface area contributed by atoms with E-state index >= 15 is 0 Å². The molecule has 0 bridgehead atoms.